The van der Waals surface area contributed by atoms with Gasteiger partial charge in [-0.15, -0.1) is 0 Å². The number of benzene rings is 3. The van der Waals surface area contributed by atoms with Gasteiger partial charge in [0.15, 0.2) is 0 Å². The highest BCUT2D eigenvalue weighted by atomic mass is 16.5. The van der Waals surface area contributed by atoms with Crippen molar-refractivity contribution in [1.29, 1.82) is 0 Å². The SMILES string of the molecule is COC(=O)N[C@@H]1CCCC[C@@H]1C(=O)N1CCC[C@H]1C1=NC=C(c2ccc(-c3ccc(-c4cnc([C@@H]5CCCN5C(=O)[C@H](NC(C)=O)c5ccccc5)[nH]4)cc3)cc2)C1. The van der Waals surface area contributed by atoms with Gasteiger partial charge in [-0.05, 0) is 71.9 Å². The van der Waals surface area contributed by atoms with Crippen molar-refractivity contribution in [2.75, 3.05) is 20.2 Å². The van der Waals surface area contributed by atoms with E-state index in [2.05, 4.69) is 64.1 Å². The molecule has 1 saturated carbocycles. The molecular formula is C46H51N7O5. The fraction of sp³-hybridized carbons (Fsp3) is 0.391. The van der Waals surface area contributed by atoms with Crippen LogP contribution in [0.5, 0.6) is 0 Å². The van der Waals surface area contributed by atoms with Crippen molar-refractivity contribution in [3.8, 4) is 22.4 Å². The number of aliphatic imine (C=N–C) groups is 1. The number of hydrogen-bond donors (Lipinski definition) is 3. The first-order valence-corrected chi connectivity index (χ1v) is 20.6. The third-order valence-electron chi connectivity index (χ3n) is 12.2. The average Bonchev–Trinajstić information content (AvgIpc) is 4.10. The fourth-order valence-electron chi connectivity index (χ4n) is 9.22. The van der Waals surface area contributed by atoms with Crippen LogP contribution < -0.4 is 10.6 Å². The first-order chi connectivity index (χ1) is 28.3. The van der Waals surface area contributed by atoms with E-state index in [1.54, 1.807) is 0 Å². The molecule has 12 nitrogen and oxygen atoms in total. The normalized spacial score (nSPS) is 22.2. The number of amides is 4. The van der Waals surface area contributed by atoms with Crippen molar-refractivity contribution in [3.63, 3.8) is 0 Å². The maximum Gasteiger partial charge on any atom is 0.407 e. The lowest BCUT2D eigenvalue weighted by molar-refractivity contribution is -0.137. The summed E-state index contributed by atoms with van der Waals surface area (Å²) in [7, 11) is 1.36. The summed E-state index contributed by atoms with van der Waals surface area (Å²) in [5.74, 6) is 0.227. The second kappa shape index (κ2) is 17.2. The molecule has 4 amide bonds. The lowest BCUT2D eigenvalue weighted by Gasteiger charge is -2.35. The van der Waals surface area contributed by atoms with Crippen LogP contribution in [-0.2, 0) is 19.1 Å². The Morgan fingerprint density at radius 3 is 2.14 bits per heavy atom. The van der Waals surface area contributed by atoms with E-state index in [4.69, 9.17) is 14.7 Å². The predicted molar refractivity (Wildman–Crippen MR) is 222 cm³/mol. The number of aromatic nitrogens is 2. The highest BCUT2D eigenvalue weighted by Crippen LogP contribution is 2.36. The number of likely N-dealkylation sites (tertiary alicyclic amines) is 2. The predicted octanol–water partition coefficient (Wildman–Crippen LogP) is 7.38. The van der Waals surface area contributed by atoms with Gasteiger partial charge in [-0.1, -0.05) is 91.7 Å². The molecule has 3 aromatic carbocycles. The van der Waals surface area contributed by atoms with E-state index in [-0.39, 0.29) is 41.8 Å². The van der Waals surface area contributed by atoms with Gasteiger partial charge in [-0.2, -0.15) is 0 Å². The molecular weight excluding hydrogens is 731 g/mol. The summed E-state index contributed by atoms with van der Waals surface area (Å²) in [5.41, 5.74) is 8.10. The van der Waals surface area contributed by atoms with Crippen molar-refractivity contribution in [1.82, 2.24) is 30.4 Å². The number of allylic oxidation sites excluding steroid dienone is 1. The van der Waals surface area contributed by atoms with Crippen LogP contribution in [0.3, 0.4) is 0 Å². The number of imidazole rings is 1. The summed E-state index contributed by atoms with van der Waals surface area (Å²) in [6.45, 7) is 2.74. The Balaban J connectivity index is 0.887. The Morgan fingerprint density at radius 1 is 0.776 bits per heavy atom. The summed E-state index contributed by atoms with van der Waals surface area (Å²) in [6, 6.07) is 25.1. The molecule has 3 N–H and O–H groups in total. The molecule has 3 fully saturated rings. The van der Waals surface area contributed by atoms with Gasteiger partial charge in [0.1, 0.15) is 11.9 Å². The molecule has 0 unspecified atom stereocenters. The number of aromatic amines is 1. The number of ether oxygens (including phenoxy) is 1. The van der Waals surface area contributed by atoms with E-state index in [1.165, 1.54) is 14.0 Å². The zero-order chi connectivity index (χ0) is 40.2. The number of carbonyl (C=O) groups is 4. The second-order valence-electron chi connectivity index (χ2n) is 15.8. The first-order valence-electron chi connectivity index (χ1n) is 20.6. The number of carbonyl (C=O) groups excluding carboxylic acids is 4. The molecule has 12 heteroatoms. The molecule has 2 saturated heterocycles. The standard InChI is InChI=1S/C46H51N7O5/c1-29(54)49-42(34-10-4-3-5-11-34)45(56)53-25-9-15-41(53)43-48-28-39(50-43)33-22-20-31(21-23-33)30-16-18-32(19-17-30)35-26-38(47-27-35)40-14-8-24-52(40)44(55)36-12-6-7-13-37(36)51-46(57)58-2/h3-5,10-11,16-23,27-28,36-37,40-42H,6-9,12-15,24-26H2,1-2H3,(H,48,50)(H,49,54)(H,51,57)/t36-,37+,40-,41-,42+/m0/s1. The zero-order valence-electron chi connectivity index (χ0n) is 33.2. The minimum atomic E-state index is -0.754. The Hall–Kier alpha value is -6.04. The van der Waals surface area contributed by atoms with Crippen LogP contribution in [0.4, 0.5) is 4.79 Å². The molecule has 1 aromatic heterocycles. The Morgan fingerprint density at radius 2 is 1.43 bits per heavy atom. The van der Waals surface area contributed by atoms with Gasteiger partial charge < -0.3 is 30.2 Å². The van der Waals surface area contributed by atoms with Crippen LogP contribution in [0.1, 0.15) is 93.7 Å². The first kappa shape index (κ1) is 38.8. The number of alkyl carbamates (subject to hydrolysis) is 1. The minimum absolute atomic E-state index is 0.0210. The second-order valence-corrected chi connectivity index (χ2v) is 15.8. The number of rotatable bonds is 10. The summed E-state index contributed by atoms with van der Waals surface area (Å²) < 4.78 is 4.84. The molecule has 58 heavy (non-hydrogen) atoms. The summed E-state index contributed by atoms with van der Waals surface area (Å²) in [6.07, 6.45) is 11.0. The number of hydrogen-bond acceptors (Lipinski definition) is 7. The van der Waals surface area contributed by atoms with Gasteiger partial charge in [0.2, 0.25) is 17.7 Å². The monoisotopic (exact) mass is 781 g/mol. The quantitative estimate of drug-likeness (QED) is 0.153. The van der Waals surface area contributed by atoms with Gasteiger partial charge in [-0.3, -0.25) is 19.4 Å². The van der Waals surface area contributed by atoms with E-state index < -0.39 is 12.1 Å². The summed E-state index contributed by atoms with van der Waals surface area (Å²) in [4.78, 5) is 68.7. The molecule has 0 spiro atoms. The molecule has 0 radical (unpaired) electrons. The molecule has 300 valence electrons. The van der Waals surface area contributed by atoms with Crippen LogP contribution >= 0.6 is 0 Å². The van der Waals surface area contributed by atoms with Gasteiger partial charge in [0, 0.05) is 44.4 Å². The smallest absolute Gasteiger partial charge is 0.407 e. The van der Waals surface area contributed by atoms with Crippen molar-refractivity contribution in [3.05, 3.63) is 108 Å². The van der Waals surface area contributed by atoms with Crippen molar-refractivity contribution < 1.29 is 23.9 Å². The molecule has 4 aromatic rings. The van der Waals surface area contributed by atoms with E-state index in [9.17, 15) is 19.2 Å². The number of nitrogens with zero attached hydrogens (tertiary/aromatic N) is 4. The lowest BCUT2D eigenvalue weighted by Crippen LogP contribution is -2.51. The van der Waals surface area contributed by atoms with E-state index in [0.29, 0.717) is 19.5 Å². The molecule has 3 aliphatic heterocycles. The van der Waals surface area contributed by atoms with Crippen molar-refractivity contribution >= 4 is 35.1 Å². The maximum absolute atomic E-state index is 13.9. The highest BCUT2D eigenvalue weighted by molar-refractivity contribution is 6.03. The number of nitrogens with one attached hydrogen (secondary N) is 3. The maximum atomic E-state index is 13.9. The topological polar surface area (TPSA) is 149 Å². The molecule has 0 bridgehead atoms. The van der Waals surface area contributed by atoms with E-state index in [1.807, 2.05) is 52.5 Å². The van der Waals surface area contributed by atoms with Gasteiger partial charge in [0.05, 0.1) is 37.0 Å². The van der Waals surface area contributed by atoms with Crippen molar-refractivity contribution in [2.45, 2.75) is 88.9 Å². The van der Waals surface area contributed by atoms with Gasteiger partial charge in [-0.25, -0.2) is 9.78 Å². The van der Waals surface area contributed by atoms with Crippen LogP contribution in [0.25, 0.3) is 28.0 Å². The highest BCUT2D eigenvalue weighted by Gasteiger charge is 2.41. The number of H-pyrrole nitrogens is 1. The number of methoxy groups -OCH3 is 1. The van der Waals surface area contributed by atoms with Gasteiger partial charge in [0.25, 0.3) is 0 Å². The zero-order valence-corrected chi connectivity index (χ0v) is 33.2. The minimum Gasteiger partial charge on any atom is -0.453 e. The third kappa shape index (κ3) is 8.19. The third-order valence-corrected chi connectivity index (χ3v) is 12.2. The molecule has 5 atom stereocenters. The molecule has 1 aliphatic carbocycles. The Labute approximate surface area is 339 Å². The van der Waals surface area contributed by atoms with Crippen LogP contribution in [0.15, 0.2) is 96.3 Å². The van der Waals surface area contributed by atoms with Crippen LogP contribution in [0.2, 0.25) is 0 Å². The summed E-state index contributed by atoms with van der Waals surface area (Å²) in [5, 5.41) is 5.77. The van der Waals surface area contributed by atoms with Crippen LogP contribution in [-0.4, -0.2) is 81.6 Å². The molecule has 4 aliphatic rings. The van der Waals surface area contributed by atoms with E-state index in [0.717, 1.165) is 102 Å². The van der Waals surface area contributed by atoms with Crippen molar-refractivity contribution in [2.24, 2.45) is 10.9 Å². The summed E-state index contributed by atoms with van der Waals surface area (Å²) >= 11 is 0. The Bertz CT molecular complexity index is 2200. The van der Waals surface area contributed by atoms with E-state index >= 15 is 0 Å². The molecule has 8 rings (SSSR count). The Kier molecular flexibility index (Phi) is 11.5. The van der Waals surface area contributed by atoms with Crippen LogP contribution in [0, 0.1) is 5.92 Å². The van der Waals surface area contributed by atoms with Gasteiger partial charge >= 0.3 is 6.09 Å². The fourth-order valence-corrected chi connectivity index (χ4v) is 9.22. The molecule has 4 heterocycles. The lowest BCUT2D eigenvalue weighted by atomic mass is 9.83. The largest absolute Gasteiger partial charge is 0.453 e. The average molecular weight is 782 g/mol.